The van der Waals surface area contributed by atoms with Gasteiger partial charge in [0.1, 0.15) is 11.6 Å². The van der Waals surface area contributed by atoms with Crippen molar-refractivity contribution < 1.29 is 13.2 Å². The summed E-state index contributed by atoms with van der Waals surface area (Å²) in [4.78, 5) is 4.05. The molecule has 21 heavy (non-hydrogen) atoms. The fourth-order valence-electron chi connectivity index (χ4n) is 1.62. The highest BCUT2D eigenvalue weighted by atomic mass is 79.9. The first-order valence-corrected chi connectivity index (χ1v) is 6.96. The number of pyridine rings is 1. The summed E-state index contributed by atoms with van der Waals surface area (Å²) in [6.07, 6.45) is -4.45. The molecule has 112 valence electrons. The van der Waals surface area contributed by atoms with Crippen LogP contribution in [0.5, 0.6) is 0 Å². The van der Waals surface area contributed by atoms with Crippen LogP contribution in [0.25, 0.3) is 0 Å². The molecule has 2 N–H and O–H groups in total. The number of nitrogens with one attached hydrogen (secondary N) is 2. The van der Waals surface area contributed by atoms with Gasteiger partial charge in [-0.2, -0.15) is 13.2 Å². The van der Waals surface area contributed by atoms with Gasteiger partial charge in [0, 0.05) is 16.5 Å². The molecule has 1 aromatic carbocycles. The molecule has 2 rings (SSSR count). The molecule has 0 aliphatic rings. The first kappa shape index (κ1) is 15.9. The molecule has 0 bridgehead atoms. The van der Waals surface area contributed by atoms with E-state index in [2.05, 4.69) is 31.5 Å². The highest BCUT2D eigenvalue weighted by Crippen LogP contribution is 2.34. The number of nitrogens with zero attached hydrogens (tertiary/aromatic N) is 1. The third-order valence-electron chi connectivity index (χ3n) is 2.60. The summed E-state index contributed by atoms with van der Waals surface area (Å²) < 4.78 is 39.2. The summed E-state index contributed by atoms with van der Waals surface area (Å²) in [5.41, 5.74) is -0.265. The molecule has 0 spiro atoms. The van der Waals surface area contributed by atoms with E-state index in [0.717, 1.165) is 12.1 Å². The van der Waals surface area contributed by atoms with E-state index in [4.69, 9.17) is 11.6 Å². The molecule has 2 aromatic rings. The summed E-state index contributed by atoms with van der Waals surface area (Å²) in [5, 5.41) is 5.88. The number of aromatic nitrogens is 1. The zero-order chi connectivity index (χ0) is 15.6. The van der Waals surface area contributed by atoms with Crippen LogP contribution >= 0.6 is 27.5 Å². The summed E-state index contributed by atoms with van der Waals surface area (Å²) in [6.45, 7) is 0. The van der Waals surface area contributed by atoms with E-state index in [1.54, 1.807) is 18.2 Å². The van der Waals surface area contributed by atoms with Gasteiger partial charge in [0.15, 0.2) is 0 Å². The lowest BCUT2D eigenvalue weighted by Gasteiger charge is -2.13. The van der Waals surface area contributed by atoms with Crippen molar-refractivity contribution in [2.24, 2.45) is 0 Å². The molecule has 3 nitrogen and oxygen atoms in total. The average molecular weight is 381 g/mol. The number of hydrogen-bond acceptors (Lipinski definition) is 3. The molecule has 1 heterocycles. The van der Waals surface area contributed by atoms with Gasteiger partial charge in [-0.05, 0) is 46.3 Å². The van der Waals surface area contributed by atoms with Crippen LogP contribution < -0.4 is 10.6 Å². The third kappa shape index (κ3) is 4.01. The minimum Gasteiger partial charge on any atom is -0.373 e. The maximum absolute atomic E-state index is 12.9. The van der Waals surface area contributed by atoms with Gasteiger partial charge in [-0.25, -0.2) is 4.98 Å². The number of halogens is 5. The highest BCUT2D eigenvalue weighted by Gasteiger charge is 2.31. The topological polar surface area (TPSA) is 37.0 Å². The van der Waals surface area contributed by atoms with Crippen molar-refractivity contribution in [1.29, 1.82) is 0 Å². The van der Waals surface area contributed by atoms with Gasteiger partial charge in [-0.3, -0.25) is 0 Å². The minimum atomic E-state index is -4.45. The Hall–Kier alpha value is -1.47. The number of benzene rings is 1. The molecule has 8 heteroatoms. The molecule has 0 atom stereocenters. The summed E-state index contributed by atoms with van der Waals surface area (Å²) in [7, 11) is 1.50. The second-order valence-electron chi connectivity index (χ2n) is 4.12. The number of rotatable bonds is 3. The Bertz CT molecular complexity index is 662. The maximum Gasteiger partial charge on any atom is 0.416 e. The minimum absolute atomic E-state index is 0.0668. The number of alkyl halides is 3. The molecule has 0 unspecified atom stereocenters. The molecule has 0 aliphatic carbocycles. The number of anilines is 3. The Kier molecular flexibility index (Phi) is 4.63. The molecule has 0 saturated heterocycles. The normalized spacial score (nSPS) is 11.3. The first-order valence-electron chi connectivity index (χ1n) is 5.78. The third-order valence-corrected chi connectivity index (χ3v) is 3.53. The van der Waals surface area contributed by atoms with Gasteiger partial charge in [0.2, 0.25) is 0 Å². The highest BCUT2D eigenvalue weighted by molar-refractivity contribution is 9.10. The Morgan fingerprint density at radius 3 is 2.43 bits per heavy atom. The van der Waals surface area contributed by atoms with E-state index >= 15 is 0 Å². The lowest BCUT2D eigenvalue weighted by molar-refractivity contribution is -0.137. The van der Waals surface area contributed by atoms with Crippen LogP contribution in [-0.4, -0.2) is 12.0 Å². The molecule has 0 radical (unpaired) electrons. The van der Waals surface area contributed by atoms with Crippen LogP contribution in [0.2, 0.25) is 5.02 Å². The van der Waals surface area contributed by atoms with Crippen LogP contribution in [0.4, 0.5) is 30.5 Å². The first-order chi connectivity index (χ1) is 9.79. The van der Waals surface area contributed by atoms with Crippen LogP contribution in [-0.2, 0) is 6.18 Å². The fourth-order valence-corrected chi connectivity index (χ4v) is 2.14. The monoisotopic (exact) mass is 379 g/mol. The Labute approximate surface area is 132 Å². The lowest BCUT2D eigenvalue weighted by Crippen LogP contribution is -2.08. The zero-order valence-corrected chi connectivity index (χ0v) is 13.1. The molecule has 0 aliphatic heterocycles. The summed E-state index contributed by atoms with van der Waals surface area (Å²) in [6, 6.07) is 6.83. The van der Waals surface area contributed by atoms with E-state index in [1.165, 1.54) is 7.05 Å². The van der Waals surface area contributed by atoms with Crippen LogP contribution in [0.15, 0.2) is 34.8 Å². The Morgan fingerprint density at radius 2 is 1.81 bits per heavy atom. The van der Waals surface area contributed by atoms with Crippen LogP contribution in [0.3, 0.4) is 0 Å². The maximum atomic E-state index is 12.9. The van der Waals surface area contributed by atoms with Crippen molar-refractivity contribution in [2.45, 2.75) is 6.18 Å². The molecule has 0 fully saturated rings. The molecular formula is C13H10BrClF3N3. The van der Waals surface area contributed by atoms with Crippen LogP contribution in [0.1, 0.15) is 5.56 Å². The van der Waals surface area contributed by atoms with Crippen molar-refractivity contribution in [2.75, 3.05) is 17.7 Å². The predicted octanol–water partition coefficient (Wildman–Crippen LogP) is 5.30. The fraction of sp³-hybridized carbons (Fsp3) is 0.154. The standard InChI is InChI=1S/C13H10BrClF3N3/c1-19-11-4-7(13(16,17)18)5-12(21-11)20-10-6-8(15)2-3-9(10)14/h2-6H,1H3,(H2,19,20,21). The van der Waals surface area contributed by atoms with Crippen molar-refractivity contribution in [3.8, 4) is 0 Å². The summed E-state index contributed by atoms with van der Waals surface area (Å²) in [5.74, 6) is 0.183. The van der Waals surface area contributed by atoms with E-state index in [-0.39, 0.29) is 11.6 Å². The van der Waals surface area contributed by atoms with Gasteiger partial charge >= 0.3 is 6.18 Å². The number of hydrogen-bond donors (Lipinski definition) is 2. The molecule has 0 amide bonds. The van der Waals surface area contributed by atoms with Crippen molar-refractivity contribution >= 4 is 44.9 Å². The van der Waals surface area contributed by atoms with Crippen LogP contribution in [0, 0.1) is 0 Å². The quantitative estimate of drug-likeness (QED) is 0.758. The molecule has 1 aromatic heterocycles. The largest absolute Gasteiger partial charge is 0.416 e. The van der Waals surface area contributed by atoms with E-state index in [0.29, 0.717) is 15.2 Å². The van der Waals surface area contributed by atoms with Gasteiger partial charge in [0.05, 0.1) is 11.3 Å². The summed E-state index contributed by atoms with van der Waals surface area (Å²) >= 11 is 9.17. The smallest absolute Gasteiger partial charge is 0.373 e. The van der Waals surface area contributed by atoms with E-state index < -0.39 is 11.7 Å². The van der Waals surface area contributed by atoms with Crippen molar-refractivity contribution in [1.82, 2.24) is 4.98 Å². The lowest BCUT2D eigenvalue weighted by atomic mass is 10.2. The predicted molar refractivity (Wildman–Crippen MR) is 81.2 cm³/mol. The van der Waals surface area contributed by atoms with E-state index in [1.807, 2.05) is 0 Å². The second kappa shape index (κ2) is 6.11. The van der Waals surface area contributed by atoms with E-state index in [9.17, 15) is 13.2 Å². The Balaban J connectivity index is 2.42. The van der Waals surface area contributed by atoms with Gasteiger partial charge < -0.3 is 10.6 Å². The average Bonchev–Trinajstić information content (AvgIpc) is 2.41. The van der Waals surface area contributed by atoms with Gasteiger partial charge in [-0.15, -0.1) is 0 Å². The van der Waals surface area contributed by atoms with Crippen molar-refractivity contribution in [3.05, 3.63) is 45.4 Å². The Morgan fingerprint density at radius 1 is 1.14 bits per heavy atom. The SMILES string of the molecule is CNc1cc(C(F)(F)F)cc(Nc2cc(Cl)ccc2Br)n1. The van der Waals surface area contributed by atoms with Gasteiger partial charge in [-0.1, -0.05) is 11.6 Å². The molecular weight excluding hydrogens is 371 g/mol. The second-order valence-corrected chi connectivity index (χ2v) is 5.41. The van der Waals surface area contributed by atoms with Crippen molar-refractivity contribution in [3.63, 3.8) is 0 Å². The molecule has 0 saturated carbocycles. The van der Waals surface area contributed by atoms with Gasteiger partial charge in [0.25, 0.3) is 0 Å². The zero-order valence-electron chi connectivity index (χ0n) is 10.7.